The molecule has 0 aliphatic rings. The third-order valence-corrected chi connectivity index (χ3v) is 3.08. The SMILES string of the molecule is COCCCC(=O)N(Cc1ccccc1)C(C)C(=O)O. The first kappa shape index (κ1) is 16.2. The van der Waals surface area contributed by atoms with Crippen LogP contribution in [0.5, 0.6) is 0 Å². The van der Waals surface area contributed by atoms with E-state index in [0.717, 1.165) is 5.56 Å². The van der Waals surface area contributed by atoms with Crippen molar-refractivity contribution in [1.29, 1.82) is 0 Å². The van der Waals surface area contributed by atoms with Gasteiger partial charge in [-0.25, -0.2) is 4.79 Å². The van der Waals surface area contributed by atoms with Crippen LogP contribution in [0.1, 0.15) is 25.3 Å². The van der Waals surface area contributed by atoms with Gasteiger partial charge >= 0.3 is 5.97 Å². The molecule has 0 saturated heterocycles. The summed E-state index contributed by atoms with van der Waals surface area (Å²) in [5.74, 6) is -1.16. The Bertz CT molecular complexity index is 433. The zero-order chi connectivity index (χ0) is 15.0. The first-order valence-corrected chi connectivity index (χ1v) is 6.61. The Labute approximate surface area is 119 Å². The number of carboxylic acids is 1. The molecular formula is C15H21NO4. The fourth-order valence-electron chi connectivity index (χ4n) is 1.87. The van der Waals surface area contributed by atoms with E-state index >= 15 is 0 Å². The number of carbonyl (C=O) groups is 2. The van der Waals surface area contributed by atoms with Gasteiger partial charge in [0.25, 0.3) is 0 Å². The van der Waals surface area contributed by atoms with E-state index in [1.54, 1.807) is 7.11 Å². The zero-order valence-electron chi connectivity index (χ0n) is 11.9. The van der Waals surface area contributed by atoms with Crippen LogP contribution in [0.4, 0.5) is 0 Å². The van der Waals surface area contributed by atoms with Crippen LogP contribution in [0.25, 0.3) is 0 Å². The van der Waals surface area contributed by atoms with Gasteiger partial charge in [-0.2, -0.15) is 0 Å². The maximum absolute atomic E-state index is 12.2. The lowest BCUT2D eigenvalue weighted by molar-refractivity contribution is -0.150. The van der Waals surface area contributed by atoms with Gasteiger partial charge in [0.05, 0.1) is 0 Å². The van der Waals surface area contributed by atoms with Crippen molar-refractivity contribution in [2.45, 2.75) is 32.4 Å². The Hall–Kier alpha value is -1.88. The minimum atomic E-state index is -0.999. The Balaban J connectivity index is 2.74. The second-order valence-corrected chi connectivity index (χ2v) is 4.62. The lowest BCUT2D eigenvalue weighted by Crippen LogP contribution is -2.42. The Morgan fingerprint density at radius 3 is 2.50 bits per heavy atom. The third-order valence-electron chi connectivity index (χ3n) is 3.08. The van der Waals surface area contributed by atoms with E-state index in [4.69, 9.17) is 9.84 Å². The molecule has 1 unspecified atom stereocenters. The summed E-state index contributed by atoms with van der Waals surface area (Å²) >= 11 is 0. The second kappa shape index (κ2) is 8.32. The molecule has 0 saturated carbocycles. The molecule has 1 aromatic rings. The summed E-state index contributed by atoms with van der Waals surface area (Å²) in [6.45, 7) is 2.33. The Kier molecular flexibility index (Phi) is 6.73. The van der Waals surface area contributed by atoms with Gasteiger partial charge in [-0.05, 0) is 18.9 Å². The van der Waals surface area contributed by atoms with E-state index in [2.05, 4.69) is 0 Å². The quantitative estimate of drug-likeness (QED) is 0.738. The number of amides is 1. The average Bonchev–Trinajstić information content (AvgIpc) is 2.45. The Morgan fingerprint density at radius 2 is 1.95 bits per heavy atom. The summed E-state index contributed by atoms with van der Waals surface area (Å²) < 4.78 is 4.91. The van der Waals surface area contributed by atoms with E-state index in [1.807, 2.05) is 30.3 Å². The molecule has 1 atom stereocenters. The zero-order valence-corrected chi connectivity index (χ0v) is 11.9. The molecule has 5 nitrogen and oxygen atoms in total. The van der Waals surface area contributed by atoms with Crippen LogP contribution < -0.4 is 0 Å². The molecule has 0 fully saturated rings. The number of hydrogen-bond donors (Lipinski definition) is 1. The smallest absolute Gasteiger partial charge is 0.326 e. The molecule has 0 aliphatic heterocycles. The molecule has 0 bridgehead atoms. The minimum absolute atomic E-state index is 0.166. The standard InChI is InChI=1S/C15H21NO4/c1-12(15(18)19)16(14(17)9-6-10-20-2)11-13-7-4-3-5-8-13/h3-5,7-8,12H,6,9-11H2,1-2H3,(H,18,19). The lowest BCUT2D eigenvalue weighted by Gasteiger charge is -2.26. The summed E-state index contributed by atoms with van der Waals surface area (Å²) in [5, 5.41) is 9.13. The van der Waals surface area contributed by atoms with Crippen molar-refractivity contribution in [3.63, 3.8) is 0 Å². The highest BCUT2D eigenvalue weighted by Crippen LogP contribution is 2.11. The van der Waals surface area contributed by atoms with Crippen molar-refractivity contribution in [2.24, 2.45) is 0 Å². The van der Waals surface area contributed by atoms with E-state index in [0.29, 0.717) is 19.6 Å². The number of methoxy groups -OCH3 is 1. The summed E-state index contributed by atoms with van der Waals surface area (Å²) in [6.07, 6.45) is 0.880. The van der Waals surface area contributed by atoms with E-state index in [1.165, 1.54) is 11.8 Å². The molecule has 0 heterocycles. The van der Waals surface area contributed by atoms with Gasteiger partial charge in [-0.15, -0.1) is 0 Å². The molecule has 1 aromatic carbocycles. The number of ether oxygens (including phenoxy) is 1. The van der Waals surface area contributed by atoms with Gasteiger partial charge in [-0.1, -0.05) is 30.3 Å². The minimum Gasteiger partial charge on any atom is -0.480 e. The molecule has 1 amide bonds. The van der Waals surface area contributed by atoms with Gasteiger partial charge < -0.3 is 14.7 Å². The normalized spacial score (nSPS) is 11.9. The van der Waals surface area contributed by atoms with Crippen LogP contribution in [0.3, 0.4) is 0 Å². The average molecular weight is 279 g/mol. The molecule has 0 radical (unpaired) electrons. The number of carbonyl (C=O) groups excluding carboxylic acids is 1. The largest absolute Gasteiger partial charge is 0.480 e. The van der Waals surface area contributed by atoms with Crippen molar-refractivity contribution in [3.05, 3.63) is 35.9 Å². The summed E-state index contributed by atoms with van der Waals surface area (Å²) in [4.78, 5) is 24.7. The van der Waals surface area contributed by atoms with Gasteiger partial charge in [-0.3, -0.25) is 4.79 Å². The van der Waals surface area contributed by atoms with Crippen LogP contribution in [0.15, 0.2) is 30.3 Å². The molecule has 0 aliphatic carbocycles. The molecule has 110 valence electrons. The van der Waals surface area contributed by atoms with Crippen molar-refractivity contribution in [2.75, 3.05) is 13.7 Å². The van der Waals surface area contributed by atoms with Crippen LogP contribution in [-0.4, -0.2) is 41.6 Å². The van der Waals surface area contributed by atoms with Crippen molar-refractivity contribution >= 4 is 11.9 Å². The van der Waals surface area contributed by atoms with Crippen molar-refractivity contribution < 1.29 is 19.4 Å². The maximum Gasteiger partial charge on any atom is 0.326 e. The lowest BCUT2D eigenvalue weighted by atomic mass is 10.1. The van der Waals surface area contributed by atoms with Crippen LogP contribution in [-0.2, 0) is 20.9 Å². The summed E-state index contributed by atoms with van der Waals surface area (Å²) in [5.41, 5.74) is 0.917. The molecule has 1 rings (SSSR count). The van der Waals surface area contributed by atoms with Crippen LogP contribution in [0.2, 0.25) is 0 Å². The first-order chi connectivity index (χ1) is 9.56. The monoisotopic (exact) mass is 279 g/mol. The highest BCUT2D eigenvalue weighted by molar-refractivity contribution is 5.83. The number of rotatable bonds is 8. The van der Waals surface area contributed by atoms with E-state index in [-0.39, 0.29) is 12.3 Å². The third kappa shape index (κ3) is 5.01. The second-order valence-electron chi connectivity index (χ2n) is 4.62. The highest BCUT2D eigenvalue weighted by Gasteiger charge is 2.25. The number of hydrogen-bond acceptors (Lipinski definition) is 3. The fourth-order valence-corrected chi connectivity index (χ4v) is 1.87. The predicted octanol–water partition coefficient (Wildman–Crippen LogP) is 1.91. The number of benzene rings is 1. The highest BCUT2D eigenvalue weighted by atomic mass is 16.5. The molecule has 5 heteroatoms. The van der Waals surface area contributed by atoms with Crippen LogP contribution in [0, 0.1) is 0 Å². The maximum atomic E-state index is 12.2. The molecule has 0 spiro atoms. The van der Waals surface area contributed by atoms with Crippen molar-refractivity contribution in [1.82, 2.24) is 4.90 Å². The van der Waals surface area contributed by atoms with Gasteiger partial charge in [0, 0.05) is 26.7 Å². The van der Waals surface area contributed by atoms with E-state index in [9.17, 15) is 9.59 Å². The summed E-state index contributed by atoms with van der Waals surface area (Å²) in [6, 6.07) is 8.54. The molecule has 0 aromatic heterocycles. The predicted molar refractivity (Wildman–Crippen MR) is 75.2 cm³/mol. The number of nitrogens with zero attached hydrogens (tertiary/aromatic N) is 1. The topological polar surface area (TPSA) is 66.8 Å². The van der Waals surface area contributed by atoms with Crippen LogP contribution >= 0.6 is 0 Å². The van der Waals surface area contributed by atoms with Gasteiger partial charge in [0.1, 0.15) is 6.04 Å². The van der Waals surface area contributed by atoms with Crippen molar-refractivity contribution in [3.8, 4) is 0 Å². The van der Waals surface area contributed by atoms with Gasteiger partial charge in [0.2, 0.25) is 5.91 Å². The van der Waals surface area contributed by atoms with Gasteiger partial charge in [0.15, 0.2) is 0 Å². The molecule has 20 heavy (non-hydrogen) atoms. The molecular weight excluding hydrogens is 258 g/mol. The Morgan fingerprint density at radius 1 is 1.30 bits per heavy atom. The van der Waals surface area contributed by atoms with E-state index < -0.39 is 12.0 Å². The molecule has 1 N–H and O–H groups in total. The number of carboxylic acid groups (broad SMARTS) is 1. The number of aliphatic carboxylic acids is 1. The first-order valence-electron chi connectivity index (χ1n) is 6.61. The summed E-state index contributed by atoms with van der Waals surface area (Å²) in [7, 11) is 1.58. The fraction of sp³-hybridized carbons (Fsp3) is 0.467.